The molecule has 0 saturated heterocycles. The molecule has 1 heterocycles. The first-order valence-corrected chi connectivity index (χ1v) is 5.91. The summed E-state index contributed by atoms with van der Waals surface area (Å²) in [6.07, 6.45) is 1.67. The van der Waals surface area contributed by atoms with E-state index in [1.165, 1.54) is 0 Å². The molecule has 17 heavy (non-hydrogen) atoms. The summed E-state index contributed by atoms with van der Waals surface area (Å²) >= 11 is 0. The minimum atomic E-state index is 0.0866. The highest BCUT2D eigenvalue weighted by molar-refractivity contribution is 6.00. The Labute approximate surface area is 100 Å². The average molecular weight is 226 g/mol. The Balaban J connectivity index is 1.82. The van der Waals surface area contributed by atoms with Crippen molar-refractivity contribution in [3.05, 3.63) is 60.1 Å². The molecule has 1 saturated carbocycles. The summed E-state index contributed by atoms with van der Waals surface area (Å²) < 4.78 is 5.39. The molecule has 1 aliphatic rings. The molecular formula is C15H14O2. The van der Waals surface area contributed by atoms with E-state index in [-0.39, 0.29) is 17.6 Å². The summed E-state index contributed by atoms with van der Waals surface area (Å²) in [5.74, 6) is 1.90. The molecule has 2 heteroatoms. The molecule has 0 unspecified atom stereocenters. The predicted molar refractivity (Wildman–Crippen MR) is 64.9 cm³/mol. The molecule has 0 radical (unpaired) electrons. The first-order chi connectivity index (χ1) is 8.29. The topological polar surface area (TPSA) is 30.2 Å². The van der Waals surface area contributed by atoms with E-state index < -0.39 is 0 Å². The minimum absolute atomic E-state index is 0.0866. The van der Waals surface area contributed by atoms with Gasteiger partial charge in [0, 0.05) is 17.4 Å². The Bertz CT molecular complexity index is 513. The average Bonchev–Trinajstić information content (AvgIpc) is 2.81. The molecule has 0 spiro atoms. The summed E-state index contributed by atoms with van der Waals surface area (Å²) in [6.45, 7) is 2.11. The van der Waals surface area contributed by atoms with E-state index in [4.69, 9.17) is 4.42 Å². The SMILES string of the molecule is C[C@H]1[C@H](C(=O)c2ccccc2)[C@H]1c1ccco1. The zero-order valence-corrected chi connectivity index (χ0v) is 9.67. The number of ketones is 1. The quantitative estimate of drug-likeness (QED) is 0.750. The first-order valence-electron chi connectivity index (χ1n) is 5.91. The Morgan fingerprint density at radius 2 is 1.88 bits per heavy atom. The van der Waals surface area contributed by atoms with Gasteiger partial charge in [0.1, 0.15) is 5.76 Å². The van der Waals surface area contributed by atoms with E-state index in [9.17, 15) is 4.79 Å². The van der Waals surface area contributed by atoms with Crippen LogP contribution in [-0.4, -0.2) is 5.78 Å². The second kappa shape index (κ2) is 3.88. The molecule has 0 N–H and O–H groups in total. The van der Waals surface area contributed by atoms with Gasteiger partial charge in [0.15, 0.2) is 5.78 Å². The molecule has 86 valence electrons. The van der Waals surface area contributed by atoms with Crippen LogP contribution in [-0.2, 0) is 0 Å². The normalized spacial score (nSPS) is 26.8. The van der Waals surface area contributed by atoms with Crippen LogP contribution in [0, 0.1) is 11.8 Å². The Hall–Kier alpha value is -1.83. The fourth-order valence-corrected chi connectivity index (χ4v) is 2.58. The van der Waals surface area contributed by atoms with Crippen molar-refractivity contribution in [1.82, 2.24) is 0 Å². The fourth-order valence-electron chi connectivity index (χ4n) is 2.58. The Morgan fingerprint density at radius 3 is 2.53 bits per heavy atom. The maximum Gasteiger partial charge on any atom is 0.166 e. The van der Waals surface area contributed by atoms with Gasteiger partial charge in [-0.3, -0.25) is 4.79 Å². The van der Waals surface area contributed by atoms with E-state index in [1.807, 2.05) is 42.5 Å². The molecule has 0 amide bonds. The van der Waals surface area contributed by atoms with Crippen LogP contribution >= 0.6 is 0 Å². The number of carbonyl (C=O) groups is 1. The number of hydrogen-bond acceptors (Lipinski definition) is 2. The van der Waals surface area contributed by atoms with Gasteiger partial charge in [-0.1, -0.05) is 37.3 Å². The molecular weight excluding hydrogens is 212 g/mol. The summed E-state index contributed by atoms with van der Waals surface area (Å²) in [7, 11) is 0. The van der Waals surface area contributed by atoms with Crippen LogP contribution in [0.1, 0.15) is 29.0 Å². The van der Waals surface area contributed by atoms with Gasteiger partial charge in [-0.05, 0) is 18.1 Å². The lowest BCUT2D eigenvalue weighted by atomic mass is 10.1. The fraction of sp³-hybridized carbons (Fsp3) is 0.267. The number of benzene rings is 1. The van der Waals surface area contributed by atoms with E-state index >= 15 is 0 Å². The molecule has 0 bridgehead atoms. The van der Waals surface area contributed by atoms with Gasteiger partial charge in [0.25, 0.3) is 0 Å². The van der Waals surface area contributed by atoms with Gasteiger partial charge in [-0.15, -0.1) is 0 Å². The molecule has 0 aliphatic heterocycles. The van der Waals surface area contributed by atoms with Gasteiger partial charge >= 0.3 is 0 Å². The standard InChI is InChI=1S/C15H14O2/c1-10-13(12-8-5-9-17-12)14(10)15(16)11-6-3-2-4-7-11/h2-10,13-14H,1H3/t10-,13-,14+/m1/s1. The highest BCUT2D eigenvalue weighted by Crippen LogP contribution is 2.55. The number of rotatable bonds is 3. The second-order valence-corrected chi connectivity index (χ2v) is 4.66. The van der Waals surface area contributed by atoms with Crippen molar-refractivity contribution in [2.75, 3.05) is 0 Å². The lowest BCUT2D eigenvalue weighted by Gasteiger charge is -1.98. The zero-order chi connectivity index (χ0) is 11.8. The van der Waals surface area contributed by atoms with Crippen molar-refractivity contribution in [2.24, 2.45) is 11.8 Å². The van der Waals surface area contributed by atoms with Crippen LogP contribution < -0.4 is 0 Å². The number of Topliss-reactive ketones (excluding diaryl/α,β-unsaturated/α-hetero) is 1. The summed E-state index contributed by atoms with van der Waals surface area (Å²) in [5.41, 5.74) is 0.804. The third-order valence-electron chi connectivity index (χ3n) is 3.61. The van der Waals surface area contributed by atoms with Gasteiger partial charge in [0.2, 0.25) is 0 Å². The van der Waals surface area contributed by atoms with Crippen LogP contribution in [0.25, 0.3) is 0 Å². The third-order valence-corrected chi connectivity index (χ3v) is 3.61. The summed E-state index contributed by atoms with van der Waals surface area (Å²) in [6, 6.07) is 13.3. The summed E-state index contributed by atoms with van der Waals surface area (Å²) in [5, 5.41) is 0. The highest BCUT2D eigenvalue weighted by atomic mass is 16.3. The van der Waals surface area contributed by atoms with Gasteiger partial charge in [0.05, 0.1) is 6.26 Å². The van der Waals surface area contributed by atoms with Crippen molar-refractivity contribution in [3.63, 3.8) is 0 Å². The van der Waals surface area contributed by atoms with Crippen LogP contribution in [0.5, 0.6) is 0 Å². The van der Waals surface area contributed by atoms with Gasteiger partial charge in [-0.2, -0.15) is 0 Å². The maximum absolute atomic E-state index is 12.3. The largest absolute Gasteiger partial charge is 0.469 e. The van der Waals surface area contributed by atoms with Crippen LogP contribution in [0.4, 0.5) is 0 Å². The number of furan rings is 1. The first kappa shape index (κ1) is 10.3. The third kappa shape index (κ3) is 1.70. The van der Waals surface area contributed by atoms with Crippen LogP contribution in [0.15, 0.2) is 53.1 Å². The maximum atomic E-state index is 12.3. The lowest BCUT2D eigenvalue weighted by molar-refractivity contribution is 0.0959. The van der Waals surface area contributed by atoms with E-state index in [0.717, 1.165) is 11.3 Å². The monoisotopic (exact) mass is 226 g/mol. The van der Waals surface area contributed by atoms with E-state index in [0.29, 0.717) is 5.92 Å². The molecule has 1 aromatic carbocycles. The van der Waals surface area contributed by atoms with E-state index in [1.54, 1.807) is 6.26 Å². The van der Waals surface area contributed by atoms with Crippen LogP contribution in [0.3, 0.4) is 0 Å². The van der Waals surface area contributed by atoms with Crippen molar-refractivity contribution in [3.8, 4) is 0 Å². The number of carbonyl (C=O) groups excluding carboxylic acids is 1. The van der Waals surface area contributed by atoms with Crippen molar-refractivity contribution >= 4 is 5.78 Å². The highest BCUT2D eigenvalue weighted by Gasteiger charge is 2.53. The molecule has 2 nitrogen and oxygen atoms in total. The molecule has 1 aliphatic carbocycles. The Kier molecular flexibility index (Phi) is 2.36. The molecule has 2 aromatic rings. The van der Waals surface area contributed by atoms with E-state index in [2.05, 4.69) is 6.92 Å². The predicted octanol–water partition coefficient (Wildman–Crippen LogP) is 3.51. The second-order valence-electron chi connectivity index (χ2n) is 4.66. The van der Waals surface area contributed by atoms with Crippen LogP contribution in [0.2, 0.25) is 0 Å². The zero-order valence-electron chi connectivity index (χ0n) is 9.67. The minimum Gasteiger partial charge on any atom is -0.469 e. The van der Waals surface area contributed by atoms with Crippen molar-refractivity contribution in [2.45, 2.75) is 12.8 Å². The molecule has 3 atom stereocenters. The Morgan fingerprint density at radius 1 is 1.12 bits per heavy atom. The smallest absolute Gasteiger partial charge is 0.166 e. The van der Waals surface area contributed by atoms with Gasteiger partial charge < -0.3 is 4.42 Å². The lowest BCUT2D eigenvalue weighted by Crippen LogP contribution is -2.03. The van der Waals surface area contributed by atoms with Crippen molar-refractivity contribution in [1.29, 1.82) is 0 Å². The molecule has 3 rings (SSSR count). The summed E-state index contributed by atoms with van der Waals surface area (Å²) in [4.78, 5) is 12.3. The van der Waals surface area contributed by atoms with Gasteiger partial charge in [-0.25, -0.2) is 0 Å². The molecule has 1 fully saturated rings. The van der Waals surface area contributed by atoms with Crippen molar-refractivity contribution < 1.29 is 9.21 Å². The number of hydrogen-bond donors (Lipinski definition) is 0. The molecule has 1 aromatic heterocycles.